The molecular weight excluding hydrogens is 272 g/mol. The number of likely N-dealkylation sites (tertiary alicyclic amines) is 1. The second-order valence-electron chi connectivity index (χ2n) is 8.26. The fourth-order valence-corrected chi connectivity index (χ4v) is 6.14. The van der Waals surface area contributed by atoms with Gasteiger partial charge in [0.2, 0.25) is 5.91 Å². The van der Waals surface area contributed by atoms with E-state index >= 15 is 0 Å². The van der Waals surface area contributed by atoms with Gasteiger partial charge < -0.3 is 10.2 Å². The lowest BCUT2D eigenvalue weighted by Gasteiger charge is -2.32. The lowest BCUT2D eigenvalue weighted by Crippen LogP contribution is -2.41. The van der Waals surface area contributed by atoms with Crippen LogP contribution in [0.5, 0.6) is 0 Å². The summed E-state index contributed by atoms with van der Waals surface area (Å²) < 4.78 is 0. The van der Waals surface area contributed by atoms with Crippen LogP contribution < -0.4 is 5.32 Å². The molecule has 22 heavy (non-hydrogen) atoms. The van der Waals surface area contributed by atoms with Gasteiger partial charge in [0.15, 0.2) is 0 Å². The predicted octanol–water partition coefficient (Wildman–Crippen LogP) is 3.19. The van der Waals surface area contributed by atoms with Gasteiger partial charge in [0.25, 0.3) is 0 Å². The molecule has 5 atom stereocenters. The maximum Gasteiger partial charge on any atom is 0.222 e. The van der Waals surface area contributed by atoms with Crippen molar-refractivity contribution in [3.63, 3.8) is 0 Å². The zero-order valence-electron chi connectivity index (χ0n) is 13.9. The number of rotatable bonds is 5. The van der Waals surface area contributed by atoms with Gasteiger partial charge in [0.05, 0.1) is 0 Å². The van der Waals surface area contributed by atoms with Gasteiger partial charge in [-0.15, -0.1) is 0 Å². The van der Waals surface area contributed by atoms with E-state index in [1.165, 1.54) is 44.9 Å². The molecule has 4 fully saturated rings. The summed E-state index contributed by atoms with van der Waals surface area (Å²) in [4.78, 5) is 14.1. The molecule has 3 saturated carbocycles. The van der Waals surface area contributed by atoms with Gasteiger partial charge in [0, 0.05) is 25.6 Å². The lowest BCUT2D eigenvalue weighted by atomic mass is 9.79. The maximum absolute atomic E-state index is 12.0. The van der Waals surface area contributed by atoms with Gasteiger partial charge in [-0.3, -0.25) is 4.79 Å². The van der Waals surface area contributed by atoms with Gasteiger partial charge in [-0.2, -0.15) is 0 Å². The van der Waals surface area contributed by atoms with Crippen LogP contribution in [0.2, 0.25) is 0 Å². The Kier molecular flexibility index (Phi) is 4.43. The smallest absolute Gasteiger partial charge is 0.222 e. The first-order valence-corrected chi connectivity index (χ1v) is 9.84. The Morgan fingerprint density at radius 3 is 2.86 bits per heavy atom. The third-order valence-corrected chi connectivity index (χ3v) is 7.11. The van der Waals surface area contributed by atoms with Crippen molar-refractivity contribution < 1.29 is 4.79 Å². The fourth-order valence-electron chi connectivity index (χ4n) is 6.14. The summed E-state index contributed by atoms with van der Waals surface area (Å²) in [6.07, 6.45) is 12.9. The Hall–Kier alpha value is -0.570. The highest BCUT2D eigenvalue weighted by molar-refractivity contribution is 5.76. The van der Waals surface area contributed by atoms with E-state index in [4.69, 9.17) is 0 Å². The minimum Gasteiger partial charge on any atom is -0.343 e. The molecule has 1 amide bonds. The fraction of sp³-hybridized carbons (Fsp3) is 0.947. The molecule has 3 nitrogen and oxygen atoms in total. The molecule has 0 spiro atoms. The van der Waals surface area contributed by atoms with E-state index in [0.29, 0.717) is 5.91 Å². The minimum atomic E-state index is 0.395. The lowest BCUT2D eigenvalue weighted by molar-refractivity contribution is -0.130. The van der Waals surface area contributed by atoms with Gasteiger partial charge in [-0.1, -0.05) is 12.8 Å². The summed E-state index contributed by atoms with van der Waals surface area (Å²) in [5.74, 6) is 4.58. The highest BCUT2D eigenvalue weighted by Crippen LogP contribution is 2.58. The van der Waals surface area contributed by atoms with Crippen LogP contribution in [0.15, 0.2) is 0 Å². The largest absolute Gasteiger partial charge is 0.343 e. The quantitative estimate of drug-likeness (QED) is 0.791. The minimum absolute atomic E-state index is 0.395. The summed E-state index contributed by atoms with van der Waals surface area (Å²) >= 11 is 0. The first-order valence-electron chi connectivity index (χ1n) is 9.84. The molecule has 1 aliphatic heterocycles. The van der Waals surface area contributed by atoms with Crippen molar-refractivity contribution in [2.75, 3.05) is 19.6 Å². The molecule has 0 aromatic heterocycles. The summed E-state index contributed by atoms with van der Waals surface area (Å²) in [7, 11) is 0. The van der Waals surface area contributed by atoms with E-state index in [-0.39, 0.29) is 0 Å². The highest BCUT2D eigenvalue weighted by atomic mass is 16.2. The van der Waals surface area contributed by atoms with Crippen molar-refractivity contribution >= 4 is 5.91 Å². The van der Waals surface area contributed by atoms with Crippen LogP contribution in [-0.2, 0) is 4.79 Å². The van der Waals surface area contributed by atoms with Crippen LogP contribution in [0.25, 0.3) is 0 Å². The average Bonchev–Trinajstić information content (AvgIpc) is 3.17. The molecule has 2 bridgehead atoms. The van der Waals surface area contributed by atoms with Crippen molar-refractivity contribution in [1.29, 1.82) is 0 Å². The predicted molar refractivity (Wildman–Crippen MR) is 88.5 cm³/mol. The van der Waals surface area contributed by atoms with Crippen molar-refractivity contribution in [2.45, 2.75) is 70.3 Å². The highest BCUT2D eigenvalue weighted by Gasteiger charge is 2.53. The molecule has 0 aromatic rings. The van der Waals surface area contributed by atoms with Gasteiger partial charge in [-0.25, -0.2) is 0 Å². The molecule has 124 valence electrons. The van der Waals surface area contributed by atoms with Gasteiger partial charge in [-0.05, 0) is 75.2 Å². The zero-order chi connectivity index (χ0) is 14.9. The first kappa shape index (κ1) is 15.0. The van der Waals surface area contributed by atoms with Crippen molar-refractivity contribution in [3.05, 3.63) is 0 Å². The van der Waals surface area contributed by atoms with Gasteiger partial charge >= 0.3 is 0 Å². The van der Waals surface area contributed by atoms with Crippen LogP contribution >= 0.6 is 0 Å². The number of nitrogens with one attached hydrogen (secondary N) is 1. The van der Waals surface area contributed by atoms with Crippen LogP contribution in [0.3, 0.4) is 0 Å². The molecule has 4 rings (SSSR count). The molecule has 0 aromatic carbocycles. The molecule has 3 heteroatoms. The SMILES string of the molecule is O=C1CCCCCN1CCCN[C@@H]1C[C@H]2C[C@H]1[C@@H]1CCC[C@@H]21. The zero-order valence-corrected chi connectivity index (χ0v) is 13.9. The Labute approximate surface area is 135 Å². The summed E-state index contributed by atoms with van der Waals surface area (Å²) in [6, 6.07) is 0.796. The Morgan fingerprint density at radius 2 is 1.91 bits per heavy atom. The number of hydrogen-bond acceptors (Lipinski definition) is 2. The second kappa shape index (κ2) is 6.51. The molecule has 0 radical (unpaired) electrons. The van der Waals surface area contributed by atoms with E-state index in [0.717, 1.165) is 68.6 Å². The van der Waals surface area contributed by atoms with Crippen molar-refractivity contribution in [3.8, 4) is 0 Å². The van der Waals surface area contributed by atoms with E-state index in [9.17, 15) is 4.79 Å². The normalized spacial score (nSPS) is 41.0. The number of carbonyl (C=O) groups is 1. The summed E-state index contributed by atoms with van der Waals surface area (Å²) in [5, 5.41) is 3.86. The van der Waals surface area contributed by atoms with E-state index in [1.54, 1.807) is 0 Å². The third-order valence-electron chi connectivity index (χ3n) is 7.11. The number of carbonyl (C=O) groups excluding carboxylic acids is 1. The molecule has 3 aliphatic carbocycles. The first-order chi connectivity index (χ1) is 10.8. The third kappa shape index (κ3) is 2.81. The molecule has 1 saturated heterocycles. The summed E-state index contributed by atoms with van der Waals surface area (Å²) in [5.41, 5.74) is 0. The van der Waals surface area contributed by atoms with Crippen LogP contribution in [0.1, 0.15) is 64.2 Å². The standard InChI is InChI=1S/C19H32N2O/c22-19-8-2-1-3-10-21(19)11-5-9-20-18-13-14-12-17(18)16-7-4-6-15(14)16/h14-18,20H,1-13H2/t14-,15+,16-,17+,18-/m1/s1. The second-order valence-corrected chi connectivity index (χ2v) is 8.26. The van der Waals surface area contributed by atoms with E-state index in [1.807, 2.05) is 0 Å². The number of fused-ring (bicyclic) bond motifs is 5. The van der Waals surface area contributed by atoms with Crippen LogP contribution in [-0.4, -0.2) is 36.5 Å². The average molecular weight is 304 g/mol. The molecule has 1 heterocycles. The monoisotopic (exact) mass is 304 g/mol. The molecule has 4 aliphatic rings. The van der Waals surface area contributed by atoms with Crippen LogP contribution in [0, 0.1) is 23.7 Å². The van der Waals surface area contributed by atoms with E-state index < -0.39 is 0 Å². The Morgan fingerprint density at radius 1 is 1.00 bits per heavy atom. The van der Waals surface area contributed by atoms with E-state index in [2.05, 4.69) is 10.2 Å². The number of hydrogen-bond donors (Lipinski definition) is 1. The van der Waals surface area contributed by atoms with Crippen LogP contribution in [0.4, 0.5) is 0 Å². The topological polar surface area (TPSA) is 32.3 Å². The molecule has 1 N–H and O–H groups in total. The molecule has 0 unspecified atom stereocenters. The Bertz CT molecular complexity index is 410. The van der Waals surface area contributed by atoms with Crippen molar-refractivity contribution in [2.24, 2.45) is 23.7 Å². The maximum atomic E-state index is 12.0. The number of nitrogens with zero attached hydrogens (tertiary/aromatic N) is 1. The molecular formula is C19H32N2O. The van der Waals surface area contributed by atoms with Gasteiger partial charge in [0.1, 0.15) is 0 Å². The Balaban J connectivity index is 1.19. The van der Waals surface area contributed by atoms with Crippen molar-refractivity contribution in [1.82, 2.24) is 10.2 Å². The number of amides is 1. The summed E-state index contributed by atoms with van der Waals surface area (Å²) in [6.45, 7) is 3.07.